The van der Waals surface area contributed by atoms with Crippen molar-refractivity contribution in [2.75, 3.05) is 4.72 Å². The van der Waals surface area contributed by atoms with Gasteiger partial charge < -0.3 is 4.52 Å². The molecule has 0 aliphatic carbocycles. The second-order valence-electron chi connectivity index (χ2n) is 5.50. The number of rotatable bonds is 5. The highest BCUT2D eigenvalue weighted by Crippen LogP contribution is 2.36. The number of hydrogen-bond donors (Lipinski definition) is 1. The molecule has 0 saturated heterocycles. The van der Waals surface area contributed by atoms with Crippen molar-refractivity contribution in [3.63, 3.8) is 0 Å². The smallest absolute Gasteiger partial charge is 0.353 e. The number of ketones is 1. The number of hydrogen-bond acceptors (Lipinski definition) is 6. The largest absolute Gasteiger partial charge is 0.417 e. The highest BCUT2D eigenvalue weighted by atomic mass is 35.5. The summed E-state index contributed by atoms with van der Waals surface area (Å²) >= 11 is 11.3. The number of benzene rings is 1. The van der Waals surface area contributed by atoms with Gasteiger partial charge in [-0.25, -0.2) is 13.4 Å². The molecule has 3 rings (SSSR count). The average Bonchev–Trinajstić information content (AvgIpc) is 3.15. The minimum Gasteiger partial charge on any atom is -0.353 e. The van der Waals surface area contributed by atoms with Gasteiger partial charge in [0.15, 0.2) is 0 Å². The van der Waals surface area contributed by atoms with Crippen molar-refractivity contribution < 1.29 is 30.9 Å². The Balaban J connectivity index is 2.04. The molecule has 0 fully saturated rings. The molecule has 0 saturated carbocycles. The first-order valence-corrected chi connectivity index (χ1v) is 9.73. The molecule has 1 N–H and O–H groups in total. The average molecular weight is 466 g/mol. The highest BCUT2D eigenvalue weighted by Gasteiger charge is 2.34. The number of nitrogens with zero attached hydrogens (tertiary/aromatic N) is 2. The molecule has 0 aliphatic rings. The highest BCUT2D eigenvalue weighted by molar-refractivity contribution is 7.92. The molecule has 13 heteroatoms. The summed E-state index contributed by atoms with van der Waals surface area (Å²) in [6.07, 6.45) is -2.58. The van der Waals surface area contributed by atoms with Gasteiger partial charge >= 0.3 is 6.18 Å². The summed E-state index contributed by atoms with van der Waals surface area (Å²) < 4.78 is 71.1. The van der Waals surface area contributed by atoms with Crippen molar-refractivity contribution in [2.45, 2.75) is 11.1 Å². The Hall–Kier alpha value is -2.63. The third-order valence-corrected chi connectivity index (χ3v) is 5.43. The zero-order chi connectivity index (χ0) is 21.4. The van der Waals surface area contributed by atoms with Crippen LogP contribution in [0.5, 0.6) is 0 Å². The lowest BCUT2D eigenvalue weighted by atomic mass is 10.2. The van der Waals surface area contributed by atoms with Crippen LogP contribution in [0.25, 0.3) is 0 Å². The SMILES string of the molecule is O=C(c1ccno1)c1ncc(Cl)cc1NS(=O)(=O)c1ccc(Cl)c(C(F)(F)F)c1. The van der Waals surface area contributed by atoms with Gasteiger partial charge in [0, 0.05) is 12.3 Å². The lowest BCUT2D eigenvalue weighted by molar-refractivity contribution is -0.137. The van der Waals surface area contributed by atoms with E-state index in [0.29, 0.717) is 6.07 Å². The normalized spacial score (nSPS) is 12.0. The number of carbonyl (C=O) groups is 1. The standard InChI is InChI=1S/C16H8Cl2F3N3O4S/c17-8-5-12(14(22-7-8)15(25)13-3-4-23-28-13)24-29(26,27)9-1-2-11(18)10(6-9)16(19,20)21/h1-7,24H. The third-order valence-electron chi connectivity index (χ3n) is 3.53. The van der Waals surface area contributed by atoms with Crippen LogP contribution in [0.15, 0.2) is 52.1 Å². The molecule has 0 atom stereocenters. The molecule has 0 aliphatic heterocycles. The second-order valence-corrected chi connectivity index (χ2v) is 8.03. The molecule has 1 aromatic carbocycles. The van der Waals surface area contributed by atoms with Crippen LogP contribution in [0.4, 0.5) is 18.9 Å². The maximum absolute atomic E-state index is 13.0. The minimum absolute atomic E-state index is 0.0242. The molecule has 2 heterocycles. The molecule has 0 spiro atoms. The lowest BCUT2D eigenvalue weighted by Crippen LogP contribution is -2.18. The first-order valence-electron chi connectivity index (χ1n) is 7.49. The topological polar surface area (TPSA) is 102 Å². The summed E-state index contributed by atoms with van der Waals surface area (Å²) in [5.74, 6) is -1.05. The molecule has 3 aromatic rings. The van der Waals surface area contributed by atoms with Crippen molar-refractivity contribution in [2.24, 2.45) is 0 Å². The maximum Gasteiger partial charge on any atom is 0.417 e. The molecule has 0 unspecified atom stereocenters. The van der Waals surface area contributed by atoms with Crippen LogP contribution in [0.1, 0.15) is 21.8 Å². The molecular formula is C16H8Cl2F3N3O4S. The maximum atomic E-state index is 13.0. The van der Waals surface area contributed by atoms with Crippen molar-refractivity contribution in [1.82, 2.24) is 10.1 Å². The molecule has 0 amide bonds. The fraction of sp³-hybridized carbons (Fsp3) is 0.0625. The van der Waals surface area contributed by atoms with Gasteiger partial charge in [-0.1, -0.05) is 28.4 Å². The van der Waals surface area contributed by atoms with Crippen LogP contribution in [0.2, 0.25) is 10.0 Å². The van der Waals surface area contributed by atoms with Gasteiger partial charge in [0.25, 0.3) is 15.8 Å². The van der Waals surface area contributed by atoms with E-state index in [9.17, 15) is 26.4 Å². The summed E-state index contributed by atoms with van der Waals surface area (Å²) in [6.45, 7) is 0. The van der Waals surface area contributed by atoms with E-state index < -0.39 is 37.5 Å². The number of nitrogens with one attached hydrogen (secondary N) is 1. The zero-order valence-corrected chi connectivity index (χ0v) is 16.2. The molecule has 2 aromatic heterocycles. The molecule has 152 valence electrons. The van der Waals surface area contributed by atoms with E-state index in [0.717, 1.165) is 24.4 Å². The first-order chi connectivity index (χ1) is 13.5. The predicted octanol–water partition coefficient (Wildman–Crippen LogP) is 4.43. The van der Waals surface area contributed by atoms with Gasteiger partial charge in [-0.05, 0) is 24.3 Å². The van der Waals surface area contributed by atoms with Crippen molar-refractivity contribution in [3.05, 3.63) is 69.8 Å². The lowest BCUT2D eigenvalue weighted by Gasteiger charge is -2.14. The van der Waals surface area contributed by atoms with E-state index in [-0.39, 0.29) is 22.2 Å². The van der Waals surface area contributed by atoms with Crippen LogP contribution in [-0.2, 0) is 16.2 Å². The quantitative estimate of drug-likeness (QED) is 0.559. The Morgan fingerprint density at radius 1 is 1.14 bits per heavy atom. The van der Waals surface area contributed by atoms with E-state index in [2.05, 4.69) is 10.1 Å². The number of alkyl halides is 3. The minimum atomic E-state index is -4.87. The summed E-state index contributed by atoms with van der Waals surface area (Å²) in [5, 5.41) is 2.68. The number of pyridine rings is 1. The van der Waals surface area contributed by atoms with Crippen LogP contribution in [0, 0.1) is 0 Å². The fourth-order valence-electron chi connectivity index (χ4n) is 2.24. The molecule has 0 radical (unpaired) electrons. The van der Waals surface area contributed by atoms with E-state index in [1.54, 1.807) is 0 Å². The summed E-state index contributed by atoms with van der Waals surface area (Å²) in [7, 11) is -4.56. The number of sulfonamides is 1. The van der Waals surface area contributed by atoms with Crippen LogP contribution in [-0.4, -0.2) is 24.3 Å². The Morgan fingerprint density at radius 3 is 2.48 bits per heavy atom. The van der Waals surface area contributed by atoms with Gasteiger partial charge in [-0.2, -0.15) is 13.2 Å². The first kappa shape index (κ1) is 21.1. The van der Waals surface area contributed by atoms with Gasteiger partial charge in [-0.3, -0.25) is 9.52 Å². The van der Waals surface area contributed by atoms with E-state index in [1.807, 2.05) is 4.72 Å². The summed E-state index contributed by atoms with van der Waals surface area (Å²) in [6, 6.07) is 4.37. The van der Waals surface area contributed by atoms with E-state index in [1.165, 1.54) is 12.3 Å². The van der Waals surface area contributed by atoms with Crippen LogP contribution in [0.3, 0.4) is 0 Å². The van der Waals surface area contributed by atoms with Gasteiger partial charge in [0.2, 0.25) is 5.76 Å². The van der Waals surface area contributed by atoms with E-state index >= 15 is 0 Å². The summed E-state index contributed by atoms with van der Waals surface area (Å²) in [5.41, 5.74) is -2.08. The van der Waals surface area contributed by atoms with Crippen LogP contribution < -0.4 is 4.72 Å². The predicted molar refractivity (Wildman–Crippen MR) is 96.4 cm³/mol. The van der Waals surface area contributed by atoms with E-state index in [4.69, 9.17) is 27.7 Å². The summed E-state index contributed by atoms with van der Waals surface area (Å²) in [4.78, 5) is 15.5. The monoisotopic (exact) mass is 465 g/mol. The van der Waals surface area contributed by atoms with Crippen LogP contribution >= 0.6 is 23.2 Å². The molecule has 7 nitrogen and oxygen atoms in total. The molecular weight excluding hydrogens is 458 g/mol. The zero-order valence-electron chi connectivity index (χ0n) is 13.9. The second kappa shape index (κ2) is 7.65. The number of aromatic nitrogens is 2. The van der Waals surface area contributed by atoms with Crippen molar-refractivity contribution in [3.8, 4) is 0 Å². The van der Waals surface area contributed by atoms with Crippen molar-refractivity contribution in [1.29, 1.82) is 0 Å². The molecule has 29 heavy (non-hydrogen) atoms. The Bertz CT molecular complexity index is 1180. The van der Waals surface area contributed by atoms with Gasteiger partial charge in [-0.15, -0.1) is 0 Å². The molecule has 0 bridgehead atoms. The number of anilines is 1. The Morgan fingerprint density at radius 2 is 1.86 bits per heavy atom. The number of halogens is 5. The van der Waals surface area contributed by atoms with Gasteiger partial charge in [0.05, 0.1) is 32.4 Å². The Labute approximate surface area is 171 Å². The Kier molecular flexibility index (Phi) is 5.57. The fourth-order valence-corrected chi connectivity index (χ4v) is 3.71. The van der Waals surface area contributed by atoms with Crippen molar-refractivity contribution >= 4 is 44.7 Å². The number of carbonyl (C=O) groups excluding carboxylic acids is 1. The van der Waals surface area contributed by atoms with Gasteiger partial charge in [0.1, 0.15) is 5.69 Å². The third kappa shape index (κ3) is 4.52.